The van der Waals surface area contributed by atoms with Crippen LogP contribution in [0, 0.1) is 0 Å². The van der Waals surface area contributed by atoms with Crippen molar-refractivity contribution in [2.75, 3.05) is 6.54 Å². The highest BCUT2D eigenvalue weighted by Crippen LogP contribution is 2.21. The highest BCUT2D eigenvalue weighted by atomic mass is 35.5. The standard InChI is InChI=1S/C13H11ClN4/c14-11-4-5-12-10(3-1-2-7-17-18-15)6-8-16-13(12)9-11/h1,3-6,8-9H,2,7H2. The minimum absolute atomic E-state index is 0.474. The van der Waals surface area contributed by atoms with E-state index < -0.39 is 0 Å². The number of rotatable bonds is 4. The molecule has 2 aromatic rings. The van der Waals surface area contributed by atoms with Crippen LogP contribution >= 0.6 is 11.6 Å². The second-order valence-electron chi connectivity index (χ2n) is 3.71. The second kappa shape index (κ2) is 6.05. The minimum atomic E-state index is 0.474. The van der Waals surface area contributed by atoms with Crippen LogP contribution in [0.1, 0.15) is 12.0 Å². The van der Waals surface area contributed by atoms with E-state index in [1.54, 1.807) is 6.20 Å². The third-order valence-electron chi connectivity index (χ3n) is 2.49. The average Bonchev–Trinajstić information content (AvgIpc) is 2.38. The molecule has 0 radical (unpaired) electrons. The van der Waals surface area contributed by atoms with E-state index in [-0.39, 0.29) is 0 Å². The van der Waals surface area contributed by atoms with Crippen LogP contribution < -0.4 is 0 Å². The molecule has 4 nitrogen and oxygen atoms in total. The van der Waals surface area contributed by atoms with Crippen molar-refractivity contribution in [3.8, 4) is 0 Å². The van der Waals surface area contributed by atoms with Gasteiger partial charge < -0.3 is 0 Å². The first-order valence-electron chi connectivity index (χ1n) is 5.53. The van der Waals surface area contributed by atoms with Gasteiger partial charge in [0.25, 0.3) is 0 Å². The molecule has 90 valence electrons. The van der Waals surface area contributed by atoms with Crippen molar-refractivity contribution >= 4 is 28.6 Å². The predicted octanol–water partition coefficient (Wildman–Crippen LogP) is 4.60. The largest absolute Gasteiger partial charge is 0.256 e. The van der Waals surface area contributed by atoms with E-state index in [9.17, 15) is 0 Å². The number of pyridine rings is 1. The number of aromatic nitrogens is 1. The zero-order valence-corrected chi connectivity index (χ0v) is 10.4. The van der Waals surface area contributed by atoms with Crippen LogP contribution in [0.3, 0.4) is 0 Å². The second-order valence-corrected chi connectivity index (χ2v) is 4.14. The Kier molecular flexibility index (Phi) is 4.18. The molecule has 0 spiro atoms. The van der Waals surface area contributed by atoms with Crippen LogP contribution in [0.5, 0.6) is 0 Å². The van der Waals surface area contributed by atoms with Gasteiger partial charge in [0, 0.05) is 28.1 Å². The lowest BCUT2D eigenvalue weighted by Gasteiger charge is -2.01. The molecule has 0 saturated carbocycles. The van der Waals surface area contributed by atoms with Crippen LogP contribution in [0.2, 0.25) is 5.02 Å². The Morgan fingerprint density at radius 1 is 1.39 bits per heavy atom. The van der Waals surface area contributed by atoms with Crippen molar-refractivity contribution < 1.29 is 0 Å². The van der Waals surface area contributed by atoms with Gasteiger partial charge in [0.05, 0.1) is 5.52 Å². The zero-order valence-electron chi connectivity index (χ0n) is 9.62. The van der Waals surface area contributed by atoms with Crippen molar-refractivity contribution in [2.24, 2.45) is 5.11 Å². The summed E-state index contributed by atoms with van der Waals surface area (Å²) in [7, 11) is 0. The maximum atomic E-state index is 8.16. The van der Waals surface area contributed by atoms with E-state index >= 15 is 0 Å². The Morgan fingerprint density at radius 3 is 3.11 bits per heavy atom. The Balaban J connectivity index is 2.25. The van der Waals surface area contributed by atoms with Gasteiger partial charge in [0.2, 0.25) is 0 Å². The van der Waals surface area contributed by atoms with E-state index in [1.807, 2.05) is 36.4 Å². The molecule has 0 N–H and O–H groups in total. The molecule has 1 aromatic heterocycles. The Morgan fingerprint density at radius 2 is 2.28 bits per heavy atom. The zero-order chi connectivity index (χ0) is 12.8. The molecule has 0 bridgehead atoms. The summed E-state index contributed by atoms with van der Waals surface area (Å²) in [6.07, 6.45) is 6.47. The van der Waals surface area contributed by atoms with E-state index in [2.05, 4.69) is 15.0 Å². The first-order chi connectivity index (χ1) is 8.81. The number of fused-ring (bicyclic) bond motifs is 1. The van der Waals surface area contributed by atoms with Crippen LogP contribution in [-0.4, -0.2) is 11.5 Å². The average molecular weight is 259 g/mol. The summed E-state index contributed by atoms with van der Waals surface area (Å²) in [5, 5.41) is 5.21. The van der Waals surface area contributed by atoms with Gasteiger partial charge in [-0.2, -0.15) is 0 Å². The number of hydrogen-bond acceptors (Lipinski definition) is 2. The molecule has 0 aliphatic heterocycles. The van der Waals surface area contributed by atoms with Gasteiger partial charge in [-0.15, -0.1) is 0 Å². The van der Waals surface area contributed by atoms with Gasteiger partial charge in [-0.25, -0.2) is 0 Å². The van der Waals surface area contributed by atoms with Crippen LogP contribution in [0.4, 0.5) is 0 Å². The van der Waals surface area contributed by atoms with Gasteiger partial charge in [0.1, 0.15) is 0 Å². The van der Waals surface area contributed by atoms with Crippen molar-refractivity contribution in [3.05, 3.63) is 57.6 Å². The molecular formula is C13H11ClN4. The topological polar surface area (TPSA) is 61.7 Å². The molecule has 1 heterocycles. The highest BCUT2D eigenvalue weighted by molar-refractivity contribution is 6.31. The summed E-state index contributed by atoms with van der Waals surface area (Å²) in [6.45, 7) is 0.474. The Hall–Kier alpha value is -2.03. The molecule has 2 rings (SSSR count). The van der Waals surface area contributed by atoms with Crippen molar-refractivity contribution in [1.82, 2.24) is 4.98 Å². The maximum Gasteiger partial charge on any atom is 0.0722 e. The van der Waals surface area contributed by atoms with Crippen LogP contribution in [0.15, 0.2) is 41.7 Å². The first kappa shape index (κ1) is 12.4. The number of halogens is 1. The van der Waals surface area contributed by atoms with E-state index in [0.717, 1.165) is 22.9 Å². The first-order valence-corrected chi connectivity index (χ1v) is 5.91. The van der Waals surface area contributed by atoms with E-state index in [0.29, 0.717) is 11.6 Å². The number of nitrogens with zero attached hydrogens (tertiary/aromatic N) is 4. The lowest BCUT2D eigenvalue weighted by molar-refractivity contribution is 0.996. The molecule has 5 heteroatoms. The normalized spacial score (nSPS) is 10.7. The number of azide groups is 1. The molecule has 0 saturated heterocycles. The molecule has 0 aliphatic carbocycles. The summed E-state index contributed by atoms with van der Waals surface area (Å²) in [6, 6.07) is 7.59. The molecule has 1 aromatic carbocycles. The van der Waals surface area contributed by atoms with Crippen LogP contribution in [-0.2, 0) is 0 Å². The summed E-state index contributed by atoms with van der Waals surface area (Å²) in [4.78, 5) is 6.98. The summed E-state index contributed by atoms with van der Waals surface area (Å²) < 4.78 is 0. The monoisotopic (exact) mass is 258 g/mol. The molecule has 0 fully saturated rings. The molecule has 18 heavy (non-hydrogen) atoms. The van der Waals surface area contributed by atoms with Crippen molar-refractivity contribution in [1.29, 1.82) is 0 Å². The molecular weight excluding hydrogens is 248 g/mol. The van der Waals surface area contributed by atoms with Gasteiger partial charge in [0.15, 0.2) is 0 Å². The highest BCUT2D eigenvalue weighted by Gasteiger charge is 1.99. The van der Waals surface area contributed by atoms with Gasteiger partial charge in [-0.3, -0.25) is 4.98 Å². The molecule has 0 unspecified atom stereocenters. The summed E-state index contributed by atoms with van der Waals surface area (Å²) in [5.41, 5.74) is 10.1. The molecule has 0 atom stereocenters. The maximum absolute atomic E-state index is 8.16. The summed E-state index contributed by atoms with van der Waals surface area (Å²) in [5.74, 6) is 0. The lowest BCUT2D eigenvalue weighted by Crippen LogP contribution is -1.82. The number of benzene rings is 1. The minimum Gasteiger partial charge on any atom is -0.256 e. The van der Waals surface area contributed by atoms with Crippen molar-refractivity contribution in [3.63, 3.8) is 0 Å². The molecule has 0 amide bonds. The fraction of sp³-hybridized carbons (Fsp3) is 0.154. The van der Waals surface area contributed by atoms with Gasteiger partial charge in [-0.05, 0) is 35.7 Å². The van der Waals surface area contributed by atoms with E-state index in [4.69, 9.17) is 17.1 Å². The smallest absolute Gasteiger partial charge is 0.0722 e. The quantitative estimate of drug-likeness (QED) is 0.342. The Bertz CT molecular complexity index is 630. The van der Waals surface area contributed by atoms with Gasteiger partial charge in [-0.1, -0.05) is 34.9 Å². The third-order valence-corrected chi connectivity index (χ3v) is 2.73. The number of hydrogen-bond donors (Lipinski definition) is 0. The SMILES string of the molecule is [N-]=[N+]=NCCC=Cc1ccnc2cc(Cl)ccc12. The van der Waals surface area contributed by atoms with Gasteiger partial charge >= 0.3 is 0 Å². The van der Waals surface area contributed by atoms with Crippen LogP contribution in [0.25, 0.3) is 27.4 Å². The lowest BCUT2D eigenvalue weighted by atomic mass is 10.1. The van der Waals surface area contributed by atoms with Crippen molar-refractivity contribution in [2.45, 2.75) is 6.42 Å². The third kappa shape index (κ3) is 3.00. The fourth-order valence-corrected chi connectivity index (χ4v) is 1.84. The predicted molar refractivity (Wildman–Crippen MR) is 74.4 cm³/mol. The fourth-order valence-electron chi connectivity index (χ4n) is 1.68. The molecule has 0 aliphatic rings. The van der Waals surface area contributed by atoms with E-state index in [1.165, 1.54) is 0 Å². The summed E-state index contributed by atoms with van der Waals surface area (Å²) >= 11 is 5.93. The Labute approximate surface area is 110 Å².